The molecule has 0 aromatic carbocycles. The SMILES string of the molecule is C#CCNC1=NCN(Cc2ncccc2C)C=N1. The number of terminal acetylenes is 1. The summed E-state index contributed by atoms with van der Waals surface area (Å²) in [6.45, 7) is 3.76. The molecule has 0 spiro atoms. The molecule has 0 radical (unpaired) electrons. The van der Waals surface area contributed by atoms with Crippen molar-refractivity contribution in [2.24, 2.45) is 9.98 Å². The Morgan fingerprint density at radius 2 is 2.44 bits per heavy atom. The van der Waals surface area contributed by atoms with E-state index in [0.717, 1.165) is 5.69 Å². The predicted octanol–water partition coefficient (Wildman–Crippen LogP) is 0.770. The number of rotatable bonds is 3. The third-order valence-electron chi connectivity index (χ3n) is 2.56. The van der Waals surface area contributed by atoms with Crippen LogP contribution in [0.4, 0.5) is 0 Å². The van der Waals surface area contributed by atoms with E-state index in [2.05, 4.69) is 26.2 Å². The van der Waals surface area contributed by atoms with Crippen LogP contribution in [0.3, 0.4) is 0 Å². The number of aryl methyl sites for hydroxylation is 1. The second-order valence-corrected chi connectivity index (χ2v) is 3.94. The molecular formula is C13H15N5. The molecule has 0 saturated heterocycles. The van der Waals surface area contributed by atoms with Crippen molar-refractivity contribution in [3.8, 4) is 12.3 Å². The number of nitrogens with zero attached hydrogens (tertiary/aromatic N) is 4. The lowest BCUT2D eigenvalue weighted by atomic mass is 10.2. The largest absolute Gasteiger partial charge is 0.344 e. The fourth-order valence-electron chi connectivity index (χ4n) is 1.57. The molecule has 0 unspecified atom stereocenters. The Balaban J connectivity index is 1.92. The molecule has 0 atom stereocenters. The second-order valence-electron chi connectivity index (χ2n) is 3.94. The Morgan fingerprint density at radius 3 is 3.11 bits per heavy atom. The summed E-state index contributed by atoms with van der Waals surface area (Å²) < 4.78 is 0. The standard InChI is InChI=1S/C13H15N5/c1-3-6-15-13-16-9-18(10-17-13)8-12-11(2)5-4-7-14-12/h1,4-5,7,9H,6,8,10H2,2H3,(H,15,17). The number of aliphatic imine (C=N–C) groups is 2. The Labute approximate surface area is 107 Å². The summed E-state index contributed by atoms with van der Waals surface area (Å²) in [5.41, 5.74) is 2.21. The van der Waals surface area contributed by atoms with Crippen molar-refractivity contribution in [1.82, 2.24) is 15.2 Å². The Kier molecular flexibility index (Phi) is 3.92. The zero-order valence-corrected chi connectivity index (χ0v) is 10.3. The minimum Gasteiger partial charge on any atom is -0.344 e. The van der Waals surface area contributed by atoms with Gasteiger partial charge in [0.2, 0.25) is 5.96 Å². The quantitative estimate of drug-likeness (QED) is 0.795. The molecule has 18 heavy (non-hydrogen) atoms. The van der Waals surface area contributed by atoms with Crippen LogP contribution in [0.1, 0.15) is 11.3 Å². The first-order valence-electron chi connectivity index (χ1n) is 5.70. The average molecular weight is 241 g/mol. The van der Waals surface area contributed by atoms with Crippen LogP contribution >= 0.6 is 0 Å². The minimum absolute atomic E-state index is 0.440. The second kappa shape index (κ2) is 5.82. The summed E-state index contributed by atoms with van der Waals surface area (Å²) in [6.07, 6.45) is 8.72. The van der Waals surface area contributed by atoms with Crippen LogP contribution in [0.5, 0.6) is 0 Å². The predicted molar refractivity (Wildman–Crippen MR) is 72.1 cm³/mol. The van der Waals surface area contributed by atoms with Gasteiger partial charge < -0.3 is 10.2 Å². The van der Waals surface area contributed by atoms with Crippen LogP contribution in [0.2, 0.25) is 0 Å². The van der Waals surface area contributed by atoms with E-state index in [1.165, 1.54) is 5.56 Å². The monoisotopic (exact) mass is 241 g/mol. The van der Waals surface area contributed by atoms with Crippen LogP contribution in [-0.4, -0.2) is 35.4 Å². The zero-order chi connectivity index (χ0) is 12.8. The Hall–Kier alpha value is -2.35. The van der Waals surface area contributed by atoms with Crippen molar-refractivity contribution in [1.29, 1.82) is 0 Å². The van der Waals surface area contributed by atoms with Crippen molar-refractivity contribution in [3.63, 3.8) is 0 Å². The van der Waals surface area contributed by atoms with E-state index in [1.54, 1.807) is 12.5 Å². The highest BCUT2D eigenvalue weighted by Gasteiger charge is 2.09. The first kappa shape index (κ1) is 12.1. The fraction of sp³-hybridized carbons (Fsp3) is 0.308. The summed E-state index contributed by atoms with van der Waals surface area (Å²) in [5.74, 6) is 3.07. The molecule has 0 fully saturated rings. The zero-order valence-electron chi connectivity index (χ0n) is 10.3. The molecule has 0 saturated carbocycles. The van der Waals surface area contributed by atoms with Crippen LogP contribution in [0, 0.1) is 19.3 Å². The van der Waals surface area contributed by atoms with Gasteiger partial charge in [0, 0.05) is 6.20 Å². The van der Waals surface area contributed by atoms with Gasteiger partial charge in [-0.1, -0.05) is 12.0 Å². The van der Waals surface area contributed by atoms with Crippen molar-refractivity contribution in [2.75, 3.05) is 13.2 Å². The van der Waals surface area contributed by atoms with Gasteiger partial charge in [0.15, 0.2) is 0 Å². The van der Waals surface area contributed by atoms with E-state index < -0.39 is 0 Å². The minimum atomic E-state index is 0.440. The van der Waals surface area contributed by atoms with Crippen molar-refractivity contribution < 1.29 is 0 Å². The molecule has 5 heteroatoms. The van der Waals surface area contributed by atoms with Gasteiger partial charge in [0.1, 0.15) is 6.67 Å². The molecule has 1 aliphatic rings. The highest BCUT2D eigenvalue weighted by atomic mass is 15.3. The van der Waals surface area contributed by atoms with Crippen LogP contribution in [0.25, 0.3) is 0 Å². The first-order valence-corrected chi connectivity index (χ1v) is 5.70. The summed E-state index contributed by atoms with van der Waals surface area (Å²) in [6, 6.07) is 3.98. The van der Waals surface area contributed by atoms with Gasteiger partial charge in [-0.15, -0.1) is 6.42 Å². The van der Waals surface area contributed by atoms with Gasteiger partial charge >= 0.3 is 0 Å². The summed E-state index contributed by atoms with van der Waals surface area (Å²) in [7, 11) is 0. The van der Waals surface area contributed by atoms with E-state index in [-0.39, 0.29) is 0 Å². The van der Waals surface area contributed by atoms with E-state index in [1.807, 2.05) is 24.0 Å². The van der Waals surface area contributed by atoms with Crippen molar-refractivity contribution >= 4 is 12.3 Å². The molecule has 1 aromatic heterocycles. The van der Waals surface area contributed by atoms with Gasteiger partial charge in [-0.2, -0.15) is 0 Å². The lowest BCUT2D eigenvalue weighted by Crippen LogP contribution is -2.32. The van der Waals surface area contributed by atoms with Crippen LogP contribution in [-0.2, 0) is 6.54 Å². The number of pyridine rings is 1. The van der Waals surface area contributed by atoms with E-state index in [4.69, 9.17) is 6.42 Å². The maximum Gasteiger partial charge on any atom is 0.221 e. The molecule has 1 aromatic rings. The molecular weight excluding hydrogens is 226 g/mol. The Bertz CT molecular complexity index is 512. The topological polar surface area (TPSA) is 52.9 Å². The highest BCUT2D eigenvalue weighted by Crippen LogP contribution is 2.07. The van der Waals surface area contributed by atoms with Gasteiger partial charge in [0.05, 0.1) is 25.1 Å². The van der Waals surface area contributed by atoms with E-state index >= 15 is 0 Å². The van der Waals surface area contributed by atoms with E-state index in [9.17, 15) is 0 Å². The summed E-state index contributed by atoms with van der Waals surface area (Å²) in [4.78, 5) is 14.8. The van der Waals surface area contributed by atoms with Crippen molar-refractivity contribution in [2.45, 2.75) is 13.5 Å². The number of hydrogen-bond donors (Lipinski definition) is 1. The number of hydrogen-bond acceptors (Lipinski definition) is 5. The Morgan fingerprint density at radius 1 is 1.56 bits per heavy atom. The van der Waals surface area contributed by atoms with Gasteiger partial charge in [0.25, 0.3) is 0 Å². The van der Waals surface area contributed by atoms with Crippen LogP contribution < -0.4 is 5.32 Å². The molecule has 0 amide bonds. The smallest absolute Gasteiger partial charge is 0.221 e. The lowest BCUT2D eigenvalue weighted by Gasteiger charge is -2.21. The normalized spacial score (nSPS) is 14.0. The van der Waals surface area contributed by atoms with Crippen LogP contribution in [0.15, 0.2) is 28.3 Å². The highest BCUT2D eigenvalue weighted by molar-refractivity contribution is 5.88. The van der Waals surface area contributed by atoms with Gasteiger partial charge in [-0.05, 0) is 18.6 Å². The summed E-state index contributed by atoms with van der Waals surface area (Å²) >= 11 is 0. The van der Waals surface area contributed by atoms with Gasteiger partial charge in [-0.3, -0.25) is 4.98 Å². The molecule has 1 N–H and O–H groups in total. The molecule has 1 aliphatic heterocycles. The molecule has 0 bridgehead atoms. The third-order valence-corrected chi connectivity index (χ3v) is 2.56. The lowest BCUT2D eigenvalue weighted by molar-refractivity contribution is 0.426. The molecule has 5 nitrogen and oxygen atoms in total. The maximum atomic E-state index is 5.15. The average Bonchev–Trinajstić information content (AvgIpc) is 2.41. The molecule has 2 rings (SSSR count). The summed E-state index contributed by atoms with van der Waals surface area (Å²) in [5, 5.41) is 2.94. The van der Waals surface area contributed by atoms with E-state index in [0.29, 0.717) is 25.7 Å². The maximum absolute atomic E-state index is 5.15. The van der Waals surface area contributed by atoms with Gasteiger partial charge in [-0.25, -0.2) is 9.98 Å². The molecule has 0 aliphatic carbocycles. The number of guanidine groups is 1. The number of aromatic nitrogens is 1. The van der Waals surface area contributed by atoms with Crippen molar-refractivity contribution in [3.05, 3.63) is 29.6 Å². The molecule has 92 valence electrons. The number of nitrogens with one attached hydrogen (secondary N) is 1. The first-order chi connectivity index (χ1) is 8.79. The fourth-order valence-corrected chi connectivity index (χ4v) is 1.57. The third kappa shape index (κ3) is 3.08. The molecule has 2 heterocycles.